The predicted molar refractivity (Wildman–Crippen MR) is 75.9 cm³/mol. The number of rotatable bonds is 3. The highest BCUT2D eigenvalue weighted by molar-refractivity contribution is 7.10. The van der Waals surface area contributed by atoms with Crippen molar-refractivity contribution in [2.75, 3.05) is 13.6 Å². The molecule has 1 atom stereocenters. The van der Waals surface area contributed by atoms with Gasteiger partial charge < -0.3 is 10.2 Å². The van der Waals surface area contributed by atoms with E-state index in [1.54, 1.807) is 11.3 Å². The monoisotopic (exact) mass is 266 g/mol. The number of fused-ring (bicyclic) bond motifs is 1. The number of carbonyl (C=O) groups excluding carboxylic acids is 1. The minimum atomic E-state index is -0.173. The van der Waals surface area contributed by atoms with Gasteiger partial charge in [-0.25, -0.2) is 0 Å². The SMILES string of the molecule is CCC(C)(C)N1CCc2ccsc2C(NC)C1=O. The second-order valence-electron chi connectivity index (χ2n) is 5.44. The molecular formula is C14H22N2OS. The summed E-state index contributed by atoms with van der Waals surface area (Å²) >= 11 is 1.69. The van der Waals surface area contributed by atoms with Crippen LogP contribution in [0.3, 0.4) is 0 Å². The molecule has 1 N–H and O–H groups in total. The average molecular weight is 266 g/mol. The van der Waals surface area contributed by atoms with Gasteiger partial charge in [0, 0.05) is 17.0 Å². The largest absolute Gasteiger partial charge is 0.336 e. The third-order valence-corrected chi connectivity index (χ3v) is 5.07. The maximum Gasteiger partial charge on any atom is 0.245 e. The number of likely N-dealkylation sites (N-methyl/N-ethyl adjacent to an activating group) is 1. The first kappa shape index (κ1) is 13.6. The van der Waals surface area contributed by atoms with E-state index in [1.807, 2.05) is 11.9 Å². The van der Waals surface area contributed by atoms with Crippen LogP contribution in [0.1, 0.15) is 43.7 Å². The Kier molecular flexibility index (Phi) is 3.78. The Balaban J connectivity index is 2.36. The topological polar surface area (TPSA) is 32.3 Å². The lowest BCUT2D eigenvalue weighted by molar-refractivity contribution is -0.138. The second kappa shape index (κ2) is 5.02. The summed E-state index contributed by atoms with van der Waals surface area (Å²) in [5.41, 5.74) is 1.25. The van der Waals surface area contributed by atoms with Gasteiger partial charge in [-0.2, -0.15) is 0 Å². The first-order valence-corrected chi connectivity index (χ1v) is 7.44. The lowest BCUT2D eigenvalue weighted by Crippen LogP contribution is -2.50. The van der Waals surface area contributed by atoms with Crippen molar-refractivity contribution in [2.24, 2.45) is 0 Å². The molecule has 2 rings (SSSR count). The van der Waals surface area contributed by atoms with Gasteiger partial charge in [-0.05, 0) is 50.7 Å². The fourth-order valence-electron chi connectivity index (χ4n) is 2.46. The van der Waals surface area contributed by atoms with Gasteiger partial charge in [0.05, 0.1) is 0 Å². The second-order valence-corrected chi connectivity index (χ2v) is 6.39. The molecule has 1 unspecified atom stereocenters. The van der Waals surface area contributed by atoms with E-state index in [1.165, 1.54) is 10.4 Å². The van der Waals surface area contributed by atoms with Crippen molar-refractivity contribution in [3.63, 3.8) is 0 Å². The quantitative estimate of drug-likeness (QED) is 0.912. The van der Waals surface area contributed by atoms with Crippen molar-refractivity contribution in [1.29, 1.82) is 0 Å². The van der Waals surface area contributed by atoms with E-state index in [0.717, 1.165) is 19.4 Å². The van der Waals surface area contributed by atoms with E-state index in [4.69, 9.17) is 0 Å². The molecule has 2 heterocycles. The summed E-state index contributed by atoms with van der Waals surface area (Å²) in [6.45, 7) is 7.26. The molecule has 4 heteroatoms. The summed E-state index contributed by atoms with van der Waals surface area (Å²) in [6, 6.07) is 1.98. The van der Waals surface area contributed by atoms with Crippen LogP contribution in [0.2, 0.25) is 0 Å². The summed E-state index contributed by atoms with van der Waals surface area (Å²) in [4.78, 5) is 15.9. The Labute approximate surface area is 113 Å². The molecule has 0 fully saturated rings. The third-order valence-electron chi connectivity index (χ3n) is 4.05. The molecule has 0 aliphatic carbocycles. The Morgan fingerprint density at radius 2 is 2.28 bits per heavy atom. The summed E-state index contributed by atoms with van der Waals surface area (Å²) in [6.07, 6.45) is 1.94. The molecule has 1 amide bonds. The zero-order valence-corrected chi connectivity index (χ0v) is 12.4. The van der Waals surface area contributed by atoms with Crippen molar-refractivity contribution >= 4 is 17.2 Å². The van der Waals surface area contributed by atoms with E-state index in [2.05, 4.69) is 37.5 Å². The van der Waals surface area contributed by atoms with Crippen molar-refractivity contribution in [3.05, 3.63) is 21.9 Å². The summed E-state index contributed by atoms with van der Waals surface area (Å²) in [7, 11) is 1.87. The van der Waals surface area contributed by atoms with E-state index in [0.29, 0.717) is 0 Å². The fraction of sp³-hybridized carbons (Fsp3) is 0.643. The fourth-order valence-corrected chi connectivity index (χ4v) is 3.52. The van der Waals surface area contributed by atoms with Crippen LogP contribution in [-0.2, 0) is 11.2 Å². The molecule has 0 aromatic carbocycles. The first-order chi connectivity index (χ1) is 8.51. The molecule has 0 radical (unpaired) electrons. The standard InChI is InChI=1S/C14H22N2OS/c1-5-14(2,3)16-8-6-10-7-9-18-12(10)11(15-4)13(16)17/h7,9,11,15H,5-6,8H2,1-4H3. The molecule has 0 saturated carbocycles. The lowest BCUT2D eigenvalue weighted by Gasteiger charge is -2.38. The average Bonchev–Trinajstić information content (AvgIpc) is 2.74. The molecule has 0 bridgehead atoms. The molecule has 1 aliphatic rings. The highest BCUT2D eigenvalue weighted by Gasteiger charge is 2.37. The van der Waals surface area contributed by atoms with Crippen molar-refractivity contribution in [2.45, 2.75) is 45.2 Å². The normalized spacial score (nSPS) is 20.8. The van der Waals surface area contributed by atoms with Crippen LogP contribution in [0, 0.1) is 0 Å². The third kappa shape index (κ3) is 2.19. The molecule has 3 nitrogen and oxygen atoms in total. The van der Waals surface area contributed by atoms with Crippen LogP contribution in [0.15, 0.2) is 11.4 Å². The van der Waals surface area contributed by atoms with Gasteiger partial charge in [0.25, 0.3) is 0 Å². The number of hydrogen-bond donors (Lipinski definition) is 1. The van der Waals surface area contributed by atoms with Gasteiger partial charge in [-0.1, -0.05) is 6.92 Å². The predicted octanol–water partition coefficient (Wildman–Crippen LogP) is 2.58. The number of carbonyl (C=O) groups is 1. The van der Waals surface area contributed by atoms with Crippen LogP contribution in [0.4, 0.5) is 0 Å². The molecule has 1 aromatic rings. The van der Waals surface area contributed by atoms with Gasteiger partial charge in [0.15, 0.2) is 0 Å². The van der Waals surface area contributed by atoms with Gasteiger partial charge in [0.1, 0.15) is 6.04 Å². The van der Waals surface area contributed by atoms with Crippen LogP contribution in [0.25, 0.3) is 0 Å². The van der Waals surface area contributed by atoms with E-state index >= 15 is 0 Å². The van der Waals surface area contributed by atoms with Crippen molar-refractivity contribution in [1.82, 2.24) is 10.2 Å². The van der Waals surface area contributed by atoms with Gasteiger partial charge in [-0.15, -0.1) is 11.3 Å². The molecular weight excluding hydrogens is 244 g/mol. The first-order valence-electron chi connectivity index (χ1n) is 6.56. The minimum Gasteiger partial charge on any atom is -0.336 e. The van der Waals surface area contributed by atoms with Crippen LogP contribution in [-0.4, -0.2) is 29.9 Å². The molecule has 0 spiro atoms. The van der Waals surface area contributed by atoms with Crippen molar-refractivity contribution < 1.29 is 4.79 Å². The van der Waals surface area contributed by atoms with Crippen LogP contribution in [0.5, 0.6) is 0 Å². The van der Waals surface area contributed by atoms with E-state index in [-0.39, 0.29) is 17.5 Å². The summed E-state index contributed by atoms with van der Waals surface area (Å²) in [5.74, 6) is 0.213. The van der Waals surface area contributed by atoms with Gasteiger partial charge in [0.2, 0.25) is 5.91 Å². The van der Waals surface area contributed by atoms with Gasteiger partial charge in [-0.3, -0.25) is 4.79 Å². The molecule has 100 valence electrons. The minimum absolute atomic E-state index is 0.0691. The zero-order valence-electron chi connectivity index (χ0n) is 11.6. The van der Waals surface area contributed by atoms with Gasteiger partial charge >= 0.3 is 0 Å². The highest BCUT2D eigenvalue weighted by Crippen LogP contribution is 2.32. The molecule has 1 aromatic heterocycles. The highest BCUT2D eigenvalue weighted by atomic mass is 32.1. The number of thiophene rings is 1. The van der Waals surface area contributed by atoms with Crippen LogP contribution >= 0.6 is 11.3 Å². The number of amides is 1. The smallest absolute Gasteiger partial charge is 0.245 e. The molecule has 1 aliphatic heterocycles. The number of nitrogens with zero attached hydrogens (tertiary/aromatic N) is 1. The Morgan fingerprint density at radius 3 is 2.89 bits per heavy atom. The van der Waals surface area contributed by atoms with E-state index < -0.39 is 0 Å². The zero-order chi connectivity index (χ0) is 13.3. The number of nitrogens with one attached hydrogen (secondary N) is 1. The Bertz CT molecular complexity index is 439. The molecule has 0 saturated heterocycles. The Morgan fingerprint density at radius 1 is 1.56 bits per heavy atom. The molecule has 18 heavy (non-hydrogen) atoms. The lowest BCUT2D eigenvalue weighted by atomic mass is 9.98. The summed E-state index contributed by atoms with van der Waals surface area (Å²) < 4.78 is 0. The number of hydrogen-bond acceptors (Lipinski definition) is 3. The van der Waals surface area contributed by atoms with E-state index in [9.17, 15) is 4.79 Å². The maximum atomic E-state index is 12.7. The van der Waals surface area contributed by atoms with Crippen LogP contribution < -0.4 is 5.32 Å². The Hall–Kier alpha value is -0.870. The maximum absolute atomic E-state index is 12.7. The summed E-state index contributed by atoms with van der Waals surface area (Å²) in [5, 5.41) is 5.27. The van der Waals surface area contributed by atoms with Crippen molar-refractivity contribution in [3.8, 4) is 0 Å².